The normalized spacial score (nSPS) is 12.8. The van der Waals surface area contributed by atoms with Gasteiger partial charge >= 0.3 is 12.1 Å². The lowest BCUT2D eigenvalue weighted by Gasteiger charge is -2.10. The number of halogens is 3. The van der Waals surface area contributed by atoms with E-state index in [1.54, 1.807) is 0 Å². The number of anilines is 1. The van der Waals surface area contributed by atoms with Crippen LogP contribution in [0.2, 0.25) is 0 Å². The van der Waals surface area contributed by atoms with Gasteiger partial charge in [-0.3, -0.25) is 0 Å². The first kappa shape index (κ1) is 17.3. The zero-order chi connectivity index (χ0) is 17.4. The third-order valence-electron chi connectivity index (χ3n) is 3.14. The largest absolute Gasteiger partial charge is 0.471 e. The molecule has 0 unspecified atom stereocenters. The topological polar surface area (TPSA) is 99.1 Å². The molecule has 1 aromatic heterocycles. The summed E-state index contributed by atoms with van der Waals surface area (Å²) in [6.07, 6.45) is -4.75. The number of aromatic nitrogens is 2. The summed E-state index contributed by atoms with van der Waals surface area (Å²) < 4.78 is 65.5. The average molecular weight is 349 g/mol. The molecule has 23 heavy (non-hydrogen) atoms. The first-order valence-electron chi connectivity index (χ1n) is 6.52. The van der Waals surface area contributed by atoms with E-state index in [2.05, 4.69) is 14.7 Å². The number of benzene rings is 1. The number of hydrogen-bond acceptors (Lipinski definition) is 6. The first-order valence-corrected chi connectivity index (χ1v) is 8.23. The van der Waals surface area contributed by atoms with Crippen molar-refractivity contribution in [1.82, 2.24) is 10.1 Å². The molecule has 0 aliphatic carbocycles. The molecule has 2 rings (SSSR count). The predicted molar refractivity (Wildman–Crippen MR) is 76.9 cm³/mol. The minimum atomic E-state index is -4.75. The lowest BCUT2D eigenvalue weighted by Crippen LogP contribution is -2.16. The van der Waals surface area contributed by atoms with Gasteiger partial charge in [-0.1, -0.05) is 5.16 Å². The van der Waals surface area contributed by atoms with E-state index in [1.165, 1.54) is 32.0 Å². The van der Waals surface area contributed by atoms with E-state index in [1.807, 2.05) is 0 Å². The zero-order valence-electron chi connectivity index (χ0n) is 12.3. The van der Waals surface area contributed by atoms with E-state index in [0.29, 0.717) is 0 Å². The van der Waals surface area contributed by atoms with Gasteiger partial charge in [0, 0.05) is 11.3 Å². The SMILES string of the molecule is CC(C)S(=O)(=O)Cc1cc(-c2noc(C(F)(F)F)n2)ccc1N. The molecule has 0 atom stereocenters. The lowest BCUT2D eigenvalue weighted by atomic mass is 10.1. The van der Waals surface area contributed by atoms with Crippen molar-refractivity contribution in [3.8, 4) is 11.4 Å². The van der Waals surface area contributed by atoms with Gasteiger partial charge in [-0.15, -0.1) is 0 Å². The summed E-state index contributed by atoms with van der Waals surface area (Å²) in [6.45, 7) is 3.06. The third-order valence-corrected chi connectivity index (χ3v) is 5.29. The Kier molecular flexibility index (Phi) is 4.38. The second-order valence-electron chi connectivity index (χ2n) is 5.19. The quantitative estimate of drug-likeness (QED) is 0.852. The molecule has 1 heterocycles. The maximum absolute atomic E-state index is 12.5. The van der Waals surface area contributed by atoms with Gasteiger partial charge in [0.05, 0.1) is 11.0 Å². The van der Waals surface area contributed by atoms with Crippen LogP contribution in [0.3, 0.4) is 0 Å². The fourth-order valence-corrected chi connectivity index (χ4v) is 2.73. The minimum Gasteiger partial charge on any atom is -0.398 e. The number of hydrogen-bond donors (Lipinski definition) is 1. The number of nitrogen functional groups attached to an aromatic ring is 1. The second-order valence-corrected chi connectivity index (χ2v) is 7.75. The van der Waals surface area contributed by atoms with Crippen LogP contribution in [0.25, 0.3) is 11.4 Å². The van der Waals surface area contributed by atoms with E-state index in [-0.39, 0.29) is 28.4 Å². The molecule has 10 heteroatoms. The van der Waals surface area contributed by atoms with Crippen LogP contribution in [0.5, 0.6) is 0 Å². The third kappa shape index (κ3) is 3.81. The van der Waals surface area contributed by atoms with Crippen molar-refractivity contribution in [3.63, 3.8) is 0 Å². The van der Waals surface area contributed by atoms with Crippen molar-refractivity contribution < 1.29 is 26.1 Å². The van der Waals surface area contributed by atoms with E-state index in [4.69, 9.17) is 5.73 Å². The van der Waals surface area contributed by atoms with Crippen molar-refractivity contribution in [3.05, 3.63) is 29.7 Å². The van der Waals surface area contributed by atoms with Crippen LogP contribution in [0, 0.1) is 0 Å². The summed E-state index contributed by atoms with van der Waals surface area (Å²) in [5.41, 5.74) is 6.42. The Labute approximate surface area is 130 Å². The molecule has 0 spiro atoms. The average Bonchev–Trinajstić information content (AvgIpc) is 2.90. The van der Waals surface area contributed by atoms with Crippen LogP contribution in [0.1, 0.15) is 25.3 Å². The van der Waals surface area contributed by atoms with E-state index in [9.17, 15) is 21.6 Å². The summed E-state index contributed by atoms with van der Waals surface area (Å²) in [4.78, 5) is 3.26. The van der Waals surface area contributed by atoms with Gasteiger partial charge in [0.1, 0.15) is 0 Å². The van der Waals surface area contributed by atoms with Gasteiger partial charge in [-0.05, 0) is 37.6 Å². The van der Waals surface area contributed by atoms with Crippen molar-refractivity contribution in [2.45, 2.75) is 31.0 Å². The molecule has 0 saturated carbocycles. The summed E-state index contributed by atoms with van der Waals surface area (Å²) in [7, 11) is -3.41. The van der Waals surface area contributed by atoms with Gasteiger partial charge in [0.2, 0.25) is 5.82 Å². The molecule has 126 valence electrons. The Hall–Kier alpha value is -2.10. The maximum Gasteiger partial charge on any atom is 0.471 e. The molecule has 2 aromatic rings. The number of nitrogens with zero attached hydrogens (tertiary/aromatic N) is 2. The van der Waals surface area contributed by atoms with Crippen LogP contribution in [0.4, 0.5) is 18.9 Å². The molecular weight excluding hydrogens is 335 g/mol. The van der Waals surface area contributed by atoms with Crippen molar-refractivity contribution in [1.29, 1.82) is 0 Å². The van der Waals surface area contributed by atoms with Crippen molar-refractivity contribution in [2.24, 2.45) is 0 Å². The Morgan fingerprint density at radius 3 is 2.48 bits per heavy atom. The van der Waals surface area contributed by atoms with E-state index in [0.717, 1.165) is 0 Å². The highest BCUT2D eigenvalue weighted by Crippen LogP contribution is 2.30. The molecule has 0 saturated heterocycles. The fourth-order valence-electron chi connectivity index (χ4n) is 1.71. The Morgan fingerprint density at radius 2 is 1.96 bits per heavy atom. The number of nitrogens with two attached hydrogens (primary N) is 1. The molecule has 0 amide bonds. The highest BCUT2D eigenvalue weighted by molar-refractivity contribution is 7.91. The summed E-state index contributed by atoms with van der Waals surface area (Å²) in [6, 6.07) is 4.14. The van der Waals surface area contributed by atoms with Crippen molar-refractivity contribution >= 4 is 15.5 Å². The van der Waals surface area contributed by atoms with Gasteiger partial charge < -0.3 is 10.3 Å². The highest BCUT2D eigenvalue weighted by atomic mass is 32.2. The minimum absolute atomic E-state index is 0.187. The van der Waals surface area contributed by atoms with E-state index >= 15 is 0 Å². The second kappa shape index (κ2) is 5.84. The smallest absolute Gasteiger partial charge is 0.398 e. The Morgan fingerprint density at radius 1 is 1.30 bits per heavy atom. The molecule has 0 fully saturated rings. The lowest BCUT2D eigenvalue weighted by molar-refractivity contribution is -0.159. The molecular formula is C13H14F3N3O3S. The van der Waals surface area contributed by atoms with E-state index < -0.39 is 27.2 Å². The molecule has 6 nitrogen and oxygen atoms in total. The Balaban J connectivity index is 2.39. The fraction of sp³-hybridized carbons (Fsp3) is 0.385. The van der Waals surface area contributed by atoms with Crippen molar-refractivity contribution in [2.75, 3.05) is 5.73 Å². The van der Waals surface area contributed by atoms with Crippen LogP contribution >= 0.6 is 0 Å². The summed E-state index contributed by atoms with van der Waals surface area (Å²) >= 11 is 0. The predicted octanol–water partition coefficient (Wildman–Crippen LogP) is 2.66. The van der Waals surface area contributed by atoms with Gasteiger partial charge in [0.15, 0.2) is 9.84 Å². The zero-order valence-corrected chi connectivity index (χ0v) is 13.1. The summed E-state index contributed by atoms with van der Waals surface area (Å²) in [5, 5.41) is 2.65. The molecule has 0 radical (unpaired) electrons. The molecule has 0 bridgehead atoms. The Bertz CT molecular complexity index is 813. The molecule has 0 aliphatic rings. The molecule has 0 aliphatic heterocycles. The standard InChI is InChI=1S/C13H14F3N3O3S/c1-7(2)23(20,21)6-9-5-8(3-4-10(9)17)11-18-12(22-19-11)13(14,15)16/h3-5,7H,6,17H2,1-2H3. The molecule has 2 N–H and O–H groups in total. The first-order chi connectivity index (χ1) is 10.5. The highest BCUT2D eigenvalue weighted by Gasteiger charge is 2.38. The van der Waals surface area contributed by atoms with Gasteiger partial charge in [-0.25, -0.2) is 8.42 Å². The van der Waals surface area contributed by atoms with Crippen LogP contribution in [-0.4, -0.2) is 23.8 Å². The monoisotopic (exact) mass is 349 g/mol. The summed E-state index contributed by atoms with van der Waals surface area (Å²) in [5.74, 6) is -2.09. The van der Waals surface area contributed by atoms with Gasteiger partial charge in [0.25, 0.3) is 0 Å². The maximum atomic E-state index is 12.5. The van der Waals surface area contributed by atoms with Crippen LogP contribution in [-0.2, 0) is 21.8 Å². The molecule has 1 aromatic carbocycles. The number of rotatable bonds is 4. The van der Waals surface area contributed by atoms with Crippen LogP contribution < -0.4 is 5.73 Å². The number of alkyl halides is 3. The van der Waals surface area contributed by atoms with Crippen LogP contribution in [0.15, 0.2) is 22.7 Å². The number of sulfone groups is 1. The van der Waals surface area contributed by atoms with Gasteiger partial charge in [-0.2, -0.15) is 18.2 Å².